The number of halogens is 3. The number of carbonyl (C=O) groups excluding carboxylic acids is 1. The van der Waals surface area contributed by atoms with Gasteiger partial charge in [-0.1, -0.05) is 31.2 Å². The lowest BCUT2D eigenvalue weighted by atomic mass is 9.96. The summed E-state index contributed by atoms with van der Waals surface area (Å²) in [5, 5.41) is 5.96. The number of H-pyrrole nitrogens is 1. The molecular formula is C26H27F3N4O2. The van der Waals surface area contributed by atoms with Crippen molar-refractivity contribution in [1.29, 1.82) is 0 Å². The summed E-state index contributed by atoms with van der Waals surface area (Å²) in [6.07, 6.45) is -3.17. The lowest BCUT2D eigenvalue weighted by molar-refractivity contribution is -0.138. The van der Waals surface area contributed by atoms with Crippen LogP contribution in [-0.2, 0) is 12.6 Å². The largest absolute Gasteiger partial charge is 0.417 e. The van der Waals surface area contributed by atoms with E-state index in [1.54, 1.807) is 6.07 Å². The Labute approximate surface area is 201 Å². The van der Waals surface area contributed by atoms with E-state index in [9.17, 15) is 22.8 Å². The number of anilines is 2. The molecule has 0 saturated carbocycles. The van der Waals surface area contributed by atoms with Crippen molar-refractivity contribution < 1.29 is 18.0 Å². The maximum atomic E-state index is 13.6. The van der Waals surface area contributed by atoms with Crippen LogP contribution in [0.2, 0.25) is 0 Å². The van der Waals surface area contributed by atoms with E-state index in [1.165, 1.54) is 0 Å². The first kappa shape index (κ1) is 24.5. The number of carbonyl (C=O) groups is 1. The first-order valence-electron chi connectivity index (χ1n) is 11.5. The average molecular weight is 485 g/mol. The molecule has 35 heavy (non-hydrogen) atoms. The van der Waals surface area contributed by atoms with Crippen molar-refractivity contribution in [3.63, 3.8) is 0 Å². The van der Waals surface area contributed by atoms with E-state index in [2.05, 4.69) is 39.6 Å². The first-order chi connectivity index (χ1) is 16.7. The van der Waals surface area contributed by atoms with Crippen molar-refractivity contribution in [3.05, 3.63) is 81.3 Å². The van der Waals surface area contributed by atoms with Gasteiger partial charge in [0.15, 0.2) is 0 Å². The van der Waals surface area contributed by atoms with Crippen molar-refractivity contribution in [3.8, 4) is 11.1 Å². The number of nitrogens with zero attached hydrogens (tertiary/aromatic N) is 1. The van der Waals surface area contributed by atoms with Gasteiger partial charge >= 0.3 is 6.18 Å². The molecule has 2 heterocycles. The summed E-state index contributed by atoms with van der Waals surface area (Å²) in [4.78, 5) is 28.9. The van der Waals surface area contributed by atoms with E-state index in [-0.39, 0.29) is 0 Å². The van der Waals surface area contributed by atoms with Gasteiger partial charge in [0.1, 0.15) is 0 Å². The molecule has 2 aromatic carbocycles. The molecule has 0 radical (unpaired) electrons. The number of aryl methyl sites for hydroxylation is 2. The number of benzene rings is 2. The van der Waals surface area contributed by atoms with Crippen molar-refractivity contribution in [2.45, 2.75) is 26.4 Å². The minimum Gasteiger partial charge on any atom is -0.367 e. The zero-order chi connectivity index (χ0) is 25.2. The predicted molar refractivity (Wildman–Crippen MR) is 131 cm³/mol. The van der Waals surface area contributed by atoms with Gasteiger partial charge in [0, 0.05) is 38.4 Å². The normalized spacial score (nSPS) is 14.1. The van der Waals surface area contributed by atoms with Gasteiger partial charge in [-0.15, -0.1) is 0 Å². The van der Waals surface area contributed by atoms with Crippen molar-refractivity contribution in [2.24, 2.45) is 0 Å². The number of rotatable bonds is 5. The maximum Gasteiger partial charge on any atom is 0.417 e. The Morgan fingerprint density at radius 1 is 1.09 bits per heavy atom. The monoisotopic (exact) mass is 484 g/mol. The molecule has 0 unspecified atom stereocenters. The number of hydrogen-bond acceptors (Lipinski definition) is 4. The fourth-order valence-electron chi connectivity index (χ4n) is 4.27. The predicted octanol–water partition coefficient (Wildman–Crippen LogP) is 4.59. The van der Waals surface area contributed by atoms with Crippen molar-refractivity contribution in [2.75, 3.05) is 36.4 Å². The molecular weight excluding hydrogens is 457 g/mol. The van der Waals surface area contributed by atoms with Gasteiger partial charge in [0.25, 0.3) is 5.91 Å². The van der Waals surface area contributed by atoms with Crippen LogP contribution in [0.4, 0.5) is 24.5 Å². The average Bonchev–Trinajstić information content (AvgIpc) is 2.84. The topological polar surface area (TPSA) is 77.2 Å². The van der Waals surface area contributed by atoms with Gasteiger partial charge < -0.3 is 20.5 Å². The third kappa shape index (κ3) is 5.40. The second-order valence-corrected chi connectivity index (χ2v) is 8.55. The smallest absolute Gasteiger partial charge is 0.367 e. The number of aromatic nitrogens is 1. The van der Waals surface area contributed by atoms with Crippen molar-refractivity contribution in [1.82, 2.24) is 10.3 Å². The molecule has 0 spiro atoms. The minimum absolute atomic E-state index is 0.405. The summed E-state index contributed by atoms with van der Waals surface area (Å²) in [7, 11) is 0. The zero-order valence-corrected chi connectivity index (χ0v) is 19.6. The van der Waals surface area contributed by atoms with Gasteiger partial charge in [-0.2, -0.15) is 13.2 Å². The van der Waals surface area contributed by atoms with E-state index < -0.39 is 28.8 Å². The molecule has 4 rings (SSSR count). The van der Waals surface area contributed by atoms with Crippen molar-refractivity contribution >= 4 is 17.3 Å². The molecule has 3 aromatic rings. The highest BCUT2D eigenvalue weighted by Gasteiger charge is 2.36. The third-order valence-corrected chi connectivity index (χ3v) is 6.20. The highest BCUT2D eigenvalue weighted by molar-refractivity contribution is 6.07. The Balaban J connectivity index is 1.78. The number of nitrogens with one attached hydrogen (secondary N) is 3. The lowest BCUT2D eigenvalue weighted by Gasteiger charge is -2.31. The van der Waals surface area contributed by atoms with E-state index in [1.807, 2.05) is 25.1 Å². The van der Waals surface area contributed by atoms with Gasteiger partial charge in [-0.25, -0.2) is 0 Å². The van der Waals surface area contributed by atoms with Crippen LogP contribution in [0.15, 0.2) is 53.5 Å². The highest BCUT2D eigenvalue weighted by atomic mass is 19.4. The van der Waals surface area contributed by atoms with E-state index >= 15 is 0 Å². The molecule has 1 aliphatic heterocycles. The van der Waals surface area contributed by atoms with Gasteiger partial charge in [0.05, 0.1) is 22.5 Å². The van der Waals surface area contributed by atoms with Crippen LogP contribution in [0.1, 0.15) is 34.0 Å². The molecule has 1 aromatic heterocycles. The molecule has 0 aliphatic carbocycles. The number of hydrogen-bond donors (Lipinski definition) is 3. The number of aromatic amines is 1. The second-order valence-electron chi connectivity index (χ2n) is 8.55. The van der Waals surface area contributed by atoms with Crippen LogP contribution in [0.3, 0.4) is 0 Å². The summed E-state index contributed by atoms with van der Waals surface area (Å²) in [5.74, 6) is -0.943. The quantitative estimate of drug-likeness (QED) is 0.495. The summed E-state index contributed by atoms with van der Waals surface area (Å²) >= 11 is 0. The molecule has 1 saturated heterocycles. The molecule has 0 atom stereocenters. The number of alkyl halides is 3. The van der Waals surface area contributed by atoms with Crippen LogP contribution in [0.5, 0.6) is 0 Å². The van der Waals surface area contributed by atoms with E-state index in [4.69, 9.17) is 0 Å². The van der Waals surface area contributed by atoms with Gasteiger partial charge in [-0.05, 0) is 47.7 Å². The summed E-state index contributed by atoms with van der Waals surface area (Å²) < 4.78 is 40.7. The molecule has 1 aliphatic rings. The SMILES string of the molecule is CCc1ccc(C)c(-c2ccc(N3CCNCC3)c(NC(=O)c3c[nH]c(=O)cc3C(F)(F)F)c2)c1. The minimum atomic E-state index is -4.85. The van der Waals surface area contributed by atoms with Crippen LogP contribution >= 0.6 is 0 Å². The molecule has 0 bridgehead atoms. The first-order valence-corrected chi connectivity index (χ1v) is 11.5. The Morgan fingerprint density at radius 3 is 2.51 bits per heavy atom. The molecule has 3 N–H and O–H groups in total. The zero-order valence-electron chi connectivity index (χ0n) is 19.6. The second kappa shape index (κ2) is 9.95. The van der Waals surface area contributed by atoms with E-state index in [0.29, 0.717) is 24.8 Å². The molecule has 1 amide bonds. The molecule has 9 heteroatoms. The van der Waals surface area contributed by atoms with Gasteiger partial charge in [0.2, 0.25) is 5.56 Å². The standard InChI is InChI=1S/C26H27F3N4O2/c1-3-17-5-4-16(2)19(12-17)18-6-7-23(33-10-8-30-9-11-33)22(13-18)32-25(35)20-15-31-24(34)14-21(20)26(27,28)29/h4-7,12-15,30H,3,8-11H2,1-2H3,(H,31,34)(H,32,35). The van der Waals surface area contributed by atoms with Crippen LogP contribution < -0.4 is 21.1 Å². The number of piperazine rings is 1. The summed E-state index contributed by atoms with van der Waals surface area (Å²) in [6, 6.07) is 12.3. The van der Waals surface area contributed by atoms with Crippen LogP contribution in [-0.4, -0.2) is 37.1 Å². The Morgan fingerprint density at radius 2 is 1.83 bits per heavy atom. The Bertz CT molecular complexity index is 1290. The lowest BCUT2D eigenvalue weighted by Crippen LogP contribution is -2.43. The summed E-state index contributed by atoms with van der Waals surface area (Å²) in [5.41, 5.74) is 2.35. The Kier molecular flexibility index (Phi) is 6.98. The number of amides is 1. The fourth-order valence-corrected chi connectivity index (χ4v) is 4.27. The fraction of sp³-hybridized carbons (Fsp3) is 0.308. The van der Waals surface area contributed by atoms with Crippen LogP contribution in [0, 0.1) is 6.92 Å². The highest BCUT2D eigenvalue weighted by Crippen LogP contribution is 2.35. The Hall–Kier alpha value is -3.59. The van der Waals surface area contributed by atoms with Gasteiger partial charge in [-0.3, -0.25) is 9.59 Å². The maximum absolute atomic E-state index is 13.6. The van der Waals surface area contributed by atoms with Crippen LogP contribution in [0.25, 0.3) is 11.1 Å². The third-order valence-electron chi connectivity index (χ3n) is 6.20. The number of pyridine rings is 1. The molecule has 6 nitrogen and oxygen atoms in total. The summed E-state index contributed by atoms with van der Waals surface area (Å²) in [6.45, 7) is 6.96. The van der Waals surface area contributed by atoms with E-state index in [0.717, 1.165) is 53.6 Å². The molecule has 184 valence electrons. The molecule has 1 fully saturated rings.